The fourth-order valence-corrected chi connectivity index (χ4v) is 0.955. The molecule has 0 aliphatic carbocycles. The van der Waals surface area contributed by atoms with Gasteiger partial charge in [0.2, 0.25) is 0 Å². The summed E-state index contributed by atoms with van der Waals surface area (Å²) in [4.78, 5) is 2.56. The zero-order valence-corrected chi connectivity index (χ0v) is 7.01. The molecule has 0 saturated heterocycles. The maximum atomic E-state index is 12.8. The second-order valence-corrected chi connectivity index (χ2v) is 2.65. The van der Waals surface area contributed by atoms with E-state index in [1.165, 1.54) is 6.07 Å². The Morgan fingerprint density at radius 2 is 2.25 bits per heavy atom. The molecule has 0 fully saturated rings. The van der Waals surface area contributed by atoms with Crippen molar-refractivity contribution in [3.05, 3.63) is 39.0 Å². The summed E-state index contributed by atoms with van der Waals surface area (Å²) in [6, 6.07) is 2.53. The van der Waals surface area contributed by atoms with Crippen LogP contribution in [0.2, 0.25) is 5.02 Å². The van der Waals surface area contributed by atoms with E-state index < -0.39 is 5.82 Å². The van der Waals surface area contributed by atoms with Gasteiger partial charge in [0.1, 0.15) is 5.82 Å². The van der Waals surface area contributed by atoms with Crippen LogP contribution in [0, 0.1) is 12.7 Å². The Bertz CT molecular complexity index is 358. The van der Waals surface area contributed by atoms with E-state index in [0.29, 0.717) is 5.56 Å². The lowest BCUT2D eigenvalue weighted by molar-refractivity contribution is 0.619. The minimum atomic E-state index is -0.406. The smallest absolute Gasteiger partial charge is 0.127 e. The highest BCUT2D eigenvalue weighted by atomic mass is 35.5. The normalized spacial score (nSPS) is 9.25. The van der Waals surface area contributed by atoms with Gasteiger partial charge in [0.05, 0.1) is 10.7 Å². The predicted octanol–water partition coefficient (Wildman–Crippen LogP) is 3.73. The molecule has 1 aromatic carbocycles. The first-order valence-corrected chi connectivity index (χ1v) is 3.53. The van der Waals surface area contributed by atoms with Gasteiger partial charge in [-0.05, 0) is 30.2 Å². The van der Waals surface area contributed by atoms with E-state index in [4.69, 9.17) is 17.1 Å². The SMILES string of the molecule is Cc1cc(N=[N+]=[N-])c(Cl)cc1F. The maximum Gasteiger partial charge on any atom is 0.127 e. The third kappa shape index (κ3) is 1.67. The number of azide groups is 1. The fourth-order valence-electron chi connectivity index (χ4n) is 0.767. The molecule has 0 N–H and O–H groups in total. The van der Waals surface area contributed by atoms with Crippen molar-refractivity contribution in [2.24, 2.45) is 5.11 Å². The van der Waals surface area contributed by atoms with Crippen LogP contribution in [-0.2, 0) is 0 Å². The number of aryl methyl sites for hydroxylation is 1. The van der Waals surface area contributed by atoms with Gasteiger partial charge >= 0.3 is 0 Å². The number of halogens is 2. The summed E-state index contributed by atoms with van der Waals surface area (Å²) in [6.45, 7) is 1.57. The Labute approximate surface area is 73.4 Å². The van der Waals surface area contributed by atoms with Crippen molar-refractivity contribution in [2.45, 2.75) is 6.92 Å². The monoisotopic (exact) mass is 185 g/mol. The summed E-state index contributed by atoms with van der Waals surface area (Å²) in [5.74, 6) is -0.406. The molecule has 3 nitrogen and oxygen atoms in total. The molecule has 0 aliphatic heterocycles. The summed E-state index contributed by atoms with van der Waals surface area (Å²) in [5, 5.41) is 3.41. The zero-order valence-electron chi connectivity index (χ0n) is 6.25. The van der Waals surface area contributed by atoms with Crippen LogP contribution in [0.3, 0.4) is 0 Å². The molecule has 0 amide bonds. The number of nitrogens with zero attached hydrogens (tertiary/aromatic N) is 3. The standard InChI is InChI=1S/C7H5ClFN3/c1-4-2-7(11-12-10)5(8)3-6(4)9/h2-3H,1H3. The highest BCUT2D eigenvalue weighted by Crippen LogP contribution is 2.27. The minimum absolute atomic E-state index is 0.121. The summed E-state index contributed by atoms with van der Waals surface area (Å²) in [7, 11) is 0. The van der Waals surface area contributed by atoms with E-state index in [2.05, 4.69) is 10.0 Å². The Morgan fingerprint density at radius 3 is 2.83 bits per heavy atom. The van der Waals surface area contributed by atoms with Crippen LogP contribution in [-0.4, -0.2) is 0 Å². The molecule has 1 aromatic rings. The Kier molecular flexibility index (Phi) is 2.53. The maximum absolute atomic E-state index is 12.8. The van der Waals surface area contributed by atoms with Crippen LogP contribution >= 0.6 is 11.6 Å². The van der Waals surface area contributed by atoms with E-state index in [9.17, 15) is 4.39 Å². The van der Waals surface area contributed by atoms with Crippen LogP contribution in [0.4, 0.5) is 10.1 Å². The molecule has 0 radical (unpaired) electrons. The lowest BCUT2D eigenvalue weighted by Gasteiger charge is -1.99. The highest BCUT2D eigenvalue weighted by Gasteiger charge is 2.02. The Morgan fingerprint density at radius 1 is 1.58 bits per heavy atom. The van der Waals surface area contributed by atoms with Gasteiger partial charge < -0.3 is 0 Å². The molecule has 0 atom stereocenters. The van der Waals surface area contributed by atoms with Crippen molar-refractivity contribution in [3.8, 4) is 0 Å². The molecule has 0 aliphatic rings. The van der Waals surface area contributed by atoms with Crippen molar-refractivity contribution in [1.29, 1.82) is 0 Å². The average molecular weight is 186 g/mol. The predicted molar refractivity (Wildman–Crippen MR) is 45.0 cm³/mol. The Hall–Kier alpha value is -1.25. The Balaban J connectivity index is 3.32. The van der Waals surface area contributed by atoms with Gasteiger partial charge in [-0.25, -0.2) is 4.39 Å². The first-order chi connectivity index (χ1) is 5.65. The lowest BCUT2D eigenvalue weighted by Crippen LogP contribution is -1.80. The van der Waals surface area contributed by atoms with E-state index in [0.717, 1.165) is 6.07 Å². The second-order valence-electron chi connectivity index (χ2n) is 2.24. The topological polar surface area (TPSA) is 48.8 Å². The molecule has 1 rings (SSSR count). The molecule has 0 unspecified atom stereocenters. The van der Waals surface area contributed by atoms with Crippen molar-refractivity contribution in [2.75, 3.05) is 0 Å². The quantitative estimate of drug-likeness (QED) is 0.364. The molecule has 62 valence electrons. The number of benzene rings is 1. The minimum Gasteiger partial charge on any atom is -0.207 e. The van der Waals surface area contributed by atoms with Gasteiger partial charge in [-0.3, -0.25) is 0 Å². The van der Waals surface area contributed by atoms with Crippen molar-refractivity contribution < 1.29 is 4.39 Å². The third-order valence-corrected chi connectivity index (χ3v) is 1.68. The van der Waals surface area contributed by atoms with Crippen LogP contribution in [0.25, 0.3) is 10.4 Å². The highest BCUT2D eigenvalue weighted by molar-refractivity contribution is 6.33. The largest absolute Gasteiger partial charge is 0.207 e. The molecule has 12 heavy (non-hydrogen) atoms. The second kappa shape index (κ2) is 3.43. The van der Waals surface area contributed by atoms with Crippen LogP contribution < -0.4 is 0 Å². The molecular formula is C7H5ClFN3. The summed E-state index contributed by atoms with van der Waals surface area (Å²) >= 11 is 5.58. The molecule has 0 saturated carbocycles. The summed E-state index contributed by atoms with van der Waals surface area (Å²) < 4.78 is 12.8. The molecular weight excluding hydrogens is 181 g/mol. The summed E-state index contributed by atoms with van der Waals surface area (Å²) in [6.07, 6.45) is 0. The van der Waals surface area contributed by atoms with E-state index >= 15 is 0 Å². The van der Waals surface area contributed by atoms with Crippen molar-refractivity contribution in [3.63, 3.8) is 0 Å². The van der Waals surface area contributed by atoms with Gasteiger partial charge in [0.15, 0.2) is 0 Å². The molecule has 0 aromatic heterocycles. The van der Waals surface area contributed by atoms with Gasteiger partial charge in [0.25, 0.3) is 0 Å². The number of hydrogen-bond donors (Lipinski definition) is 0. The fraction of sp³-hybridized carbons (Fsp3) is 0.143. The lowest BCUT2D eigenvalue weighted by atomic mass is 10.2. The first-order valence-electron chi connectivity index (χ1n) is 3.16. The molecule has 0 spiro atoms. The molecule has 5 heteroatoms. The van der Waals surface area contributed by atoms with Gasteiger partial charge in [-0.1, -0.05) is 16.7 Å². The average Bonchev–Trinajstić information content (AvgIpc) is 2.01. The summed E-state index contributed by atoms with van der Waals surface area (Å²) in [5.41, 5.74) is 8.76. The van der Waals surface area contributed by atoms with E-state index in [1.54, 1.807) is 6.92 Å². The van der Waals surface area contributed by atoms with Crippen LogP contribution in [0.5, 0.6) is 0 Å². The van der Waals surface area contributed by atoms with E-state index in [-0.39, 0.29) is 10.7 Å². The van der Waals surface area contributed by atoms with Crippen molar-refractivity contribution >= 4 is 17.3 Å². The molecule has 0 bridgehead atoms. The zero-order chi connectivity index (χ0) is 9.14. The van der Waals surface area contributed by atoms with Gasteiger partial charge in [-0.15, -0.1) is 0 Å². The molecule has 0 heterocycles. The van der Waals surface area contributed by atoms with Crippen LogP contribution in [0.15, 0.2) is 17.2 Å². The van der Waals surface area contributed by atoms with Crippen molar-refractivity contribution in [1.82, 2.24) is 0 Å². The third-order valence-electron chi connectivity index (χ3n) is 1.38. The number of rotatable bonds is 1. The number of hydrogen-bond acceptors (Lipinski definition) is 1. The van der Waals surface area contributed by atoms with Gasteiger partial charge in [-0.2, -0.15) is 0 Å². The van der Waals surface area contributed by atoms with E-state index in [1.807, 2.05) is 0 Å². The van der Waals surface area contributed by atoms with Gasteiger partial charge in [0, 0.05) is 4.91 Å². The van der Waals surface area contributed by atoms with Crippen LogP contribution in [0.1, 0.15) is 5.56 Å². The first kappa shape index (κ1) is 8.84.